The number of nitrogens with two attached hydrogens (primary N) is 1. The molecule has 1 fully saturated rings. The third kappa shape index (κ3) is 2.52. The quantitative estimate of drug-likeness (QED) is 0.791. The van der Waals surface area contributed by atoms with Crippen LogP contribution in [-0.4, -0.2) is 36.1 Å². The van der Waals surface area contributed by atoms with Crippen LogP contribution in [0.4, 0.5) is 11.8 Å². The van der Waals surface area contributed by atoms with E-state index < -0.39 is 5.97 Å². The van der Waals surface area contributed by atoms with Crippen LogP contribution in [0.3, 0.4) is 0 Å². The summed E-state index contributed by atoms with van der Waals surface area (Å²) in [4.78, 5) is 21.8. The highest BCUT2D eigenvalue weighted by molar-refractivity contribution is 5.93. The molecule has 0 radical (unpaired) electrons. The van der Waals surface area contributed by atoms with Crippen LogP contribution in [-0.2, 0) is 4.74 Å². The molecule has 0 bridgehead atoms. The van der Waals surface area contributed by atoms with Gasteiger partial charge in [-0.2, -0.15) is 4.98 Å². The van der Waals surface area contributed by atoms with Gasteiger partial charge in [-0.3, -0.25) is 0 Å². The van der Waals surface area contributed by atoms with Crippen molar-refractivity contribution in [3.63, 3.8) is 0 Å². The Labute approximate surface area is 106 Å². The van der Waals surface area contributed by atoms with Gasteiger partial charge in [0.25, 0.3) is 0 Å². The minimum Gasteiger partial charge on any atom is -0.465 e. The van der Waals surface area contributed by atoms with E-state index in [0.717, 1.165) is 31.8 Å². The van der Waals surface area contributed by atoms with Gasteiger partial charge in [0.1, 0.15) is 11.4 Å². The van der Waals surface area contributed by atoms with Crippen LogP contribution in [0.2, 0.25) is 0 Å². The van der Waals surface area contributed by atoms with Gasteiger partial charge in [0.05, 0.1) is 7.11 Å². The van der Waals surface area contributed by atoms with Gasteiger partial charge in [-0.1, -0.05) is 6.92 Å². The van der Waals surface area contributed by atoms with Gasteiger partial charge in [-0.25, -0.2) is 9.78 Å². The number of hydrogen-bond acceptors (Lipinski definition) is 6. The third-order valence-electron chi connectivity index (χ3n) is 3.28. The standard InChI is InChI=1S/C12H18N4O2/c1-8-3-5-16(6-4-8)12-14-7-9(10(13)15-12)11(17)18-2/h7-8H,3-6H2,1-2H3,(H2,13,14,15). The van der Waals surface area contributed by atoms with Crippen molar-refractivity contribution in [3.8, 4) is 0 Å². The lowest BCUT2D eigenvalue weighted by Gasteiger charge is -2.30. The summed E-state index contributed by atoms with van der Waals surface area (Å²) in [7, 11) is 1.31. The fourth-order valence-corrected chi connectivity index (χ4v) is 2.01. The molecular weight excluding hydrogens is 232 g/mol. The van der Waals surface area contributed by atoms with Gasteiger partial charge >= 0.3 is 5.97 Å². The molecule has 18 heavy (non-hydrogen) atoms. The number of esters is 1. The molecule has 0 amide bonds. The lowest BCUT2D eigenvalue weighted by Crippen LogP contribution is -2.34. The second-order valence-corrected chi connectivity index (χ2v) is 4.63. The topological polar surface area (TPSA) is 81.3 Å². The zero-order chi connectivity index (χ0) is 13.1. The van der Waals surface area contributed by atoms with E-state index in [1.165, 1.54) is 13.3 Å². The number of nitrogen functional groups attached to an aromatic ring is 1. The first kappa shape index (κ1) is 12.6. The molecule has 6 nitrogen and oxygen atoms in total. The van der Waals surface area contributed by atoms with Crippen molar-refractivity contribution in [2.45, 2.75) is 19.8 Å². The maximum absolute atomic E-state index is 11.4. The van der Waals surface area contributed by atoms with Crippen LogP contribution in [0.1, 0.15) is 30.1 Å². The van der Waals surface area contributed by atoms with Crippen LogP contribution in [0, 0.1) is 5.92 Å². The van der Waals surface area contributed by atoms with Gasteiger partial charge in [0.15, 0.2) is 0 Å². The first-order chi connectivity index (χ1) is 8.61. The highest BCUT2D eigenvalue weighted by atomic mass is 16.5. The molecule has 1 aliphatic rings. The SMILES string of the molecule is COC(=O)c1cnc(N2CCC(C)CC2)nc1N. The van der Waals surface area contributed by atoms with Gasteiger partial charge < -0.3 is 15.4 Å². The van der Waals surface area contributed by atoms with Crippen LogP contribution in [0.5, 0.6) is 0 Å². The van der Waals surface area contributed by atoms with Crippen LogP contribution < -0.4 is 10.6 Å². The predicted molar refractivity (Wildman–Crippen MR) is 68.4 cm³/mol. The van der Waals surface area contributed by atoms with Crippen molar-refractivity contribution < 1.29 is 9.53 Å². The molecule has 0 spiro atoms. The highest BCUT2D eigenvalue weighted by Crippen LogP contribution is 2.21. The molecule has 1 aromatic rings. The van der Waals surface area contributed by atoms with Crippen molar-refractivity contribution in [2.75, 3.05) is 30.8 Å². The van der Waals surface area contributed by atoms with Gasteiger partial charge in [0, 0.05) is 19.3 Å². The molecule has 0 aromatic carbocycles. The molecule has 98 valence electrons. The van der Waals surface area contributed by atoms with E-state index in [0.29, 0.717) is 5.95 Å². The van der Waals surface area contributed by atoms with E-state index >= 15 is 0 Å². The number of piperidine rings is 1. The predicted octanol–water partition coefficient (Wildman–Crippen LogP) is 1.08. The second-order valence-electron chi connectivity index (χ2n) is 4.63. The zero-order valence-corrected chi connectivity index (χ0v) is 10.7. The van der Waals surface area contributed by atoms with E-state index in [4.69, 9.17) is 5.73 Å². The number of methoxy groups -OCH3 is 1. The fraction of sp³-hybridized carbons (Fsp3) is 0.583. The van der Waals surface area contributed by atoms with Crippen molar-refractivity contribution in [1.82, 2.24) is 9.97 Å². The summed E-state index contributed by atoms with van der Waals surface area (Å²) in [6.07, 6.45) is 3.69. The Kier molecular flexibility index (Phi) is 3.64. The monoisotopic (exact) mass is 250 g/mol. The van der Waals surface area contributed by atoms with Gasteiger partial charge in [-0.15, -0.1) is 0 Å². The Bertz CT molecular complexity index is 442. The van der Waals surface area contributed by atoms with Gasteiger partial charge in [0.2, 0.25) is 5.95 Å². The Hall–Kier alpha value is -1.85. The fourth-order valence-electron chi connectivity index (χ4n) is 2.01. The Morgan fingerprint density at radius 2 is 2.17 bits per heavy atom. The lowest BCUT2D eigenvalue weighted by atomic mass is 10.00. The molecule has 2 rings (SSSR count). The second kappa shape index (κ2) is 5.20. The average molecular weight is 250 g/mol. The minimum absolute atomic E-state index is 0.172. The lowest BCUT2D eigenvalue weighted by molar-refractivity contribution is 0.0601. The van der Waals surface area contributed by atoms with E-state index in [2.05, 4.69) is 26.5 Å². The molecule has 2 N–H and O–H groups in total. The van der Waals surface area contributed by atoms with E-state index in [1.54, 1.807) is 0 Å². The number of carbonyl (C=O) groups excluding carboxylic acids is 1. The molecule has 1 saturated heterocycles. The van der Waals surface area contributed by atoms with E-state index in [-0.39, 0.29) is 11.4 Å². The molecule has 6 heteroatoms. The largest absolute Gasteiger partial charge is 0.465 e. The number of nitrogens with zero attached hydrogens (tertiary/aromatic N) is 3. The highest BCUT2D eigenvalue weighted by Gasteiger charge is 2.20. The van der Waals surface area contributed by atoms with Crippen LogP contribution >= 0.6 is 0 Å². The zero-order valence-electron chi connectivity index (χ0n) is 10.7. The van der Waals surface area contributed by atoms with Crippen molar-refractivity contribution in [1.29, 1.82) is 0 Å². The van der Waals surface area contributed by atoms with Crippen LogP contribution in [0.15, 0.2) is 6.20 Å². The summed E-state index contributed by atoms with van der Waals surface area (Å²) in [6.45, 7) is 4.10. The van der Waals surface area contributed by atoms with Crippen molar-refractivity contribution in [2.24, 2.45) is 5.92 Å². The maximum Gasteiger partial charge on any atom is 0.343 e. The molecule has 2 heterocycles. The van der Waals surface area contributed by atoms with E-state index in [9.17, 15) is 4.79 Å². The molecule has 0 atom stereocenters. The first-order valence-corrected chi connectivity index (χ1v) is 6.07. The minimum atomic E-state index is -0.508. The van der Waals surface area contributed by atoms with Crippen molar-refractivity contribution >= 4 is 17.7 Å². The summed E-state index contributed by atoms with van der Waals surface area (Å²) in [5.74, 6) is 0.997. The number of ether oxygens (including phenoxy) is 1. The summed E-state index contributed by atoms with van der Waals surface area (Å²) in [5, 5.41) is 0. The maximum atomic E-state index is 11.4. The number of carbonyl (C=O) groups is 1. The number of anilines is 2. The molecule has 0 aliphatic carbocycles. The molecule has 0 unspecified atom stereocenters. The Morgan fingerprint density at radius 3 is 2.72 bits per heavy atom. The van der Waals surface area contributed by atoms with Crippen LogP contribution in [0.25, 0.3) is 0 Å². The van der Waals surface area contributed by atoms with Gasteiger partial charge in [-0.05, 0) is 18.8 Å². The van der Waals surface area contributed by atoms with E-state index in [1.807, 2.05) is 0 Å². The Morgan fingerprint density at radius 1 is 1.50 bits per heavy atom. The normalized spacial score (nSPS) is 16.7. The number of hydrogen-bond donors (Lipinski definition) is 1. The smallest absolute Gasteiger partial charge is 0.343 e. The average Bonchev–Trinajstić information content (AvgIpc) is 2.38. The number of rotatable bonds is 2. The molecule has 1 aromatic heterocycles. The summed E-state index contributed by atoms with van der Waals surface area (Å²) in [6, 6.07) is 0. The van der Waals surface area contributed by atoms with Crippen molar-refractivity contribution in [3.05, 3.63) is 11.8 Å². The Balaban J connectivity index is 2.16. The summed E-state index contributed by atoms with van der Waals surface area (Å²) in [5.41, 5.74) is 5.97. The molecule has 1 aliphatic heterocycles. The summed E-state index contributed by atoms with van der Waals surface area (Å²) >= 11 is 0. The summed E-state index contributed by atoms with van der Waals surface area (Å²) < 4.78 is 4.60. The molecular formula is C12H18N4O2. The third-order valence-corrected chi connectivity index (χ3v) is 3.28. The number of aromatic nitrogens is 2. The first-order valence-electron chi connectivity index (χ1n) is 6.07. The molecule has 0 saturated carbocycles.